The molecule has 2 aromatic heterocycles. The van der Waals surface area contributed by atoms with Gasteiger partial charge < -0.3 is 9.84 Å². The van der Waals surface area contributed by atoms with Gasteiger partial charge in [-0.25, -0.2) is 8.42 Å². The number of carbonyl (C=O) groups is 1. The number of rotatable bonds is 7. The second-order valence-electron chi connectivity index (χ2n) is 7.49. The Morgan fingerprint density at radius 2 is 2.06 bits per heavy atom. The van der Waals surface area contributed by atoms with Crippen LogP contribution in [0.4, 0.5) is 5.13 Å². The summed E-state index contributed by atoms with van der Waals surface area (Å²) in [6.07, 6.45) is 1.20. The van der Waals surface area contributed by atoms with Crippen LogP contribution in [0.15, 0.2) is 44.1 Å². The van der Waals surface area contributed by atoms with Crippen LogP contribution in [0.1, 0.15) is 29.9 Å². The molecule has 1 aliphatic heterocycles. The summed E-state index contributed by atoms with van der Waals surface area (Å²) in [4.78, 5) is 12.9. The Balaban J connectivity index is 1.37. The molecule has 1 amide bonds. The van der Waals surface area contributed by atoms with E-state index in [1.54, 1.807) is 25.6 Å². The van der Waals surface area contributed by atoms with Crippen molar-refractivity contribution in [3.05, 3.63) is 47.3 Å². The summed E-state index contributed by atoms with van der Waals surface area (Å²) in [5.41, 5.74) is 1.50. The van der Waals surface area contributed by atoms with Crippen LogP contribution in [-0.2, 0) is 20.6 Å². The Morgan fingerprint density at radius 3 is 2.78 bits per heavy atom. The number of piperidine rings is 1. The molecule has 32 heavy (non-hydrogen) atoms. The van der Waals surface area contributed by atoms with Crippen LogP contribution < -0.4 is 5.32 Å². The van der Waals surface area contributed by atoms with Gasteiger partial charge in [-0.05, 0) is 32.3 Å². The normalized spacial score (nSPS) is 17.4. The maximum atomic E-state index is 13.1. The molecule has 1 fully saturated rings. The fraction of sp³-hybridized carbons (Fsp3) is 0.400. The molecule has 1 unspecified atom stereocenters. The molecule has 0 spiro atoms. The van der Waals surface area contributed by atoms with E-state index in [0.717, 1.165) is 10.1 Å². The molecule has 0 saturated carbocycles. The van der Waals surface area contributed by atoms with Crippen molar-refractivity contribution < 1.29 is 17.7 Å². The first-order valence-electron chi connectivity index (χ1n) is 10.1. The first kappa shape index (κ1) is 22.9. The number of hydrogen-bond donors (Lipinski definition) is 1. The summed E-state index contributed by atoms with van der Waals surface area (Å²) < 4.78 is 33.3. The van der Waals surface area contributed by atoms with Gasteiger partial charge in [0.1, 0.15) is 10.6 Å². The highest BCUT2D eigenvalue weighted by atomic mass is 32.2. The molecule has 3 heterocycles. The van der Waals surface area contributed by atoms with Gasteiger partial charge in [0, 0.05) is 18.8 Å². The molecule has 12 heteroatoms. The highest BCUT2D eigenvalue weighted by Crippen LogP contribution is 2.30. The van der Waals surface area contributed by atoms with E-state index in [4.69, 9.17) is 4.52 Å². The molecule has 1 atom stereocenters. The van der Waals surface area contributed by atoms with Gasteiger partial charge in [-0.2, -0.15) is 4.31 Å². The number of thioether (sulfide) groups is 1. The average molecular weight is 494 g/mol. The lowest BCUT2D eigenvalue weighted by Gasteiger charge is -2.30. The lowest BCUT2D eigenvalue weighted by atomic mass is 9.99. The summed E-state index contributed by atoms with van der Waals surface area (Å²) in [6.45, 7) is 3.63. The SMILES string of the molecule is Cc1noc(C)c1S(=O)(=O)N1CCCC(C(=O)Nc2nnc(SCc3ccccc3)s2)C1. The van der Waals surface area contributed by atoms with Gasteiger partial charge in [0.25, 0.3) is 0 Å². The number of aryl methyl sites for hydroxylation is 2. The number of hydrogen-bond acceptors (Lipinski definition) is 9. The number of amides is 1. The number of carbonyl (C=O) groups excluding carboxylic acids is 1. The van der Waals surface area contributed by atoms with Gasteiger partial charge in [0.15, 0.2) is 10.1 Å². The quantitative estimate of drug-likeness (QED) is 0.393. The zero-order valence-electron chi connectivity index (χ0n) is 17.6. The summed E-state index contributed by atoms with van der Waals surface area (Å²) in [7, 11) is -3.78. The van der Waals surface area contributed by atoms with Crippen LogP contribution >= 0.6 is 23.1 Å². The van der Waals surface area contributed by atoms with Crippen molar-refractivity contribution in [2.45, 2.75) is 41.7 Å². The molecule has 1 aromatic carbocycles. The van der Waals surface area contributed by atoms with Gasteiger partial charge in [-0.1, -0.05) is 58.6 Å². The fourth-order valence-corrected chi connectivity index (χ4v) is 7.12. The molecule has 3 aromatic rings. The molecule has 1 saturated heterocycles. The van der Waals surface area contributed by atoms with Crippen LogP contribution in [0.25, 0.3) is 0 Å². The molecule has 0 bridgehead atoms. The fourth-order valence-electron chi connectivity index (χ4n) is 3.59. The summed E-state index contributed by atoms with van der Waals surface area (Å²) >= 11 is 2.86. The number of nitrogens with zero attached hydrogens (tertiary/aromatic N) is 4. The highest BCUT2D eigenvalue weighted by molar-refractivity contribution is 8.00. The molecule has 9 nitrogen and oxygen atoms in total. The van der Waals surface area contributed by atoms with Gasteiger partial charge >= 0.3 is 0 Å². The van der Waals surface area contributed by atoms with Crippen LogP contribution in [0.5, 0.6) is 0 Å². The van der Waals surface area contributed by atoms with E-state index < -0.39 is 15.9 Å². The molecule has 0 aliphatic carbocycles. The van der Waals surface area contributed by atoms with E-state index in [0.29, 0.717) is 30.2 Å². The summed E-state index contributed by atoms with van der Waals surface area (Å²) in [5, 5.41) is 15.1. The molecular formula is C20H23N5O4S3. The monoisotopic (exact) mass is 493 g/mol. The Hall–Kier alpha value is -2.28. The minimum absolute atomic E-state index is 0.0859. The molecule has 170 valence electrons. The Labute approximate surface area is 194 Å². The van der Waals surface area contributed by atoms with Crippen molar-refractivity contribution in [1.29, 1.82) is 0 Å². The van der Waals surface area contributed by atoms with Crippen LogP contribution in [0.2, 0.25) is 0 Å². The molecular weight excluding hydrogens is 470 g/mol. The van der Waals surface area contributed by atoms with E-state index in [1.807, 2.05) is 30.3 Å². The van der Waals surface area contributed by atoms with Crippen molar-refractivity contribution in [3.8, 4) is 0 Å². The van der Waals surface area contributed by atoms with Crippen LogP contribution in [0, 0.1) is 19.8 Å². The molecule has 1 aliphatic rings. The predicted molar refractivity (Wildman–Crippen MR) is 122 cm³/mol. The maximum absolute atomic E-state index is 13.1. The van der Waals surface area contributed by atoms with E-state index in [9.17, 15) is 13.2 Å². The lowest BCUT2D eigenvalue weighted by Crippen LogP contribution is -2.43. The largest absolute Gasteiger partial charge is 0.360 e. The minimum atomic E-state index is -3.78. The number of anilines is 1. The third-order valence-electron chi connectivity index (χ3n) is 5.16. The second kappa shape index (κ2) is 9.69. The third kappa shape index (κ3) is 5.03. The van der Waals surface area contributed by atoms with Crippen molar-refractivity contribution in [2.24, 2.45) is 5.92 Å². The number of aromatic nitrogens is 3. The van der Waals surface area contributed by atoms with Gasteiger partial charge in [0.2, 0.25) is 21.1 Å². The van der Waals surface area contributed by atoms with Crippen molar-refractivity contribution >= 4 is 44.2 Å². The number of benzene rings is 1. The van der Waals surface area contributed by atoms with Crippen LogP contribution in [0.3, 0.4) is 0 Å². The summed E-state index contributed by atoms with van der Waals surface area (Å²) in [6, 6.07) is 10.0. The predicted octanol–water partition coefficient (Wildman–Crippen LogP) is 3.47. The standard InChI is InChI=1S/C20H23N5O4S3/c1-13-17(14(2)29-24-13)32(27,28)25-10-6-9-16(11-25)18(26)21-19-22-23-20(31-19)30-12-15-7-4-3-5-8-15/h3-5,7-8,16H,6,9-12H2,1-2H3,(H,21,22,26). The van der Waals surface area contributed by atoms with Gasteiger partial charge in [-0.15, -0.1) is 10.2 Å². The first-order chi connectivity index (χ1) is 15.3. The van der Waals surface area contributed by atoms with Crippen molar-refractivity contribution in [2.75, 3.05) is 18.4 Å². The number of sulfonamides is 1. The zero-order valence-corrected chi connectivity index (χ0v) is 20.1. The van der Waals surface area contributed by atoms with E-state index in [1.165, 1.54) is 21.2 Å². The van der Waals surface area contributed by atoms with E-state index >= 15 is 0 Å². The van der Waals surface area contributed by atoms with Crippen LogP contribution in [-0.4, -0.2) is 47.1 Å². The van der Waals surface area contributed by atoms with Gasteiger partial charge in [0.05, 0.1) is 5.92 Å². The molecule has 1 N–H and O–H groups in total. The van der Waals surface area contributed by atoms with Crippen molar-refractivity contribution in [3.63, 3.8) is 0 Å². The van der Waals surface area contributed by atoms with E-state index in [2.05, 4.69) is 20.7 Å². The summed E-state index contributed by atoms with van der Waals surface area (Å²) in [5.74, 6) is 0.298. The Morgan fingerprint density at radius 1 is 1.28 bits per heavy atom. The lowest BCUT2D eigenvalue weighted by molar-refractivity contribution is -0.120. The van der Waals surface area contributed by atoms with Crippen molar-refractivity contribution in [1.82, 2.24) is 19.7 Å². The van der Waals surface area contributed by atoms with Gasteiger partial charge in [-0.3, -0.25) is 4.79 Å². The third-order valence-corrected chi connectivity index (χ3v) is 9.32. The van der Waals surface area contributed by atoms with E-state index in [-0.39, 0.29) is 23.1 Å². The highest BCUT2D eigenvalue weighted by Gasteiger charge is 2.36. The first-order valence-corrected chi connectivity index (χ1v) is 13.3. The average Bonchev–Trinajstić information content (AvgIpc) is 3.38. The molecule has 0 radical (unpaired) electrons. The molecule has 4 rings (SSSR count). The topological polar surface area (TPSA) is 118 Å². The Kier molecular flexibility index (Phi) is 6.93. The zero-order chi connectivity index (χ0) is 22.7. The Bertz CT molecular complexity index is 1170. The smallest absolute Gasteiger partial charge is 0.248 e. The minimum Gasteiger partial charge on any atom is -0.360 e. The number of nitrogens with one attached hydrogen (secondary N) is 1. The maximum Gasteiger partial charge on any atom is 0.248 e. The second-order valence-corrected chi connectivity index (χ2v) is 11.6.